The summed E-state index contributed by atoms with van der Waals surface area (Å²) in [6.45, 7) is 0. The van der Waals surface area contributed by atoms with Crippen LogP contribution in [0.25, 0.3) is 17.0 Å². The van der Waals surface area contributed by atoms with Crippen LogP contribution >= 0.6 is 23.8 Å². The summed E-state index contributed by atoms with van der Waals surface area (Å²) in [5.74, 6) is 0.984. The number of aromatic nitrogens is 1. The van der Waals surface area contributed by atoms with Gasteiger partial charge in [0.15, 0.2) is 5.11 Å². The number of para-hydroxylation sites is 3. The summed E-state index contributed by atoms with van der Waals surface area (Å²) < 4.78 is 14.0. The van der Waals surface area contributed by atoms with E-state index >= 15 is 0 Å². The molecule has 202 valence electrons. The van der Waals surface area contributed by atoms with E-state index in [-0.39, 0.29) is 10.7 Å². The first kappa shape index (κ1) is 26.3. The Morgan fingerprint density at radius 2 is 1.46 bits per heavy atom. The van der Waals surface area contributed by atoms with Crippen LogP contribution in [0.5, 0.6) is 23.1 Å². The van der Waals surface area contributed by atoms with Crippen molar-refractivity contribution in [3.63, 3.8) is 0 Å². The Bertz CT molecular complexity index is 1850. The zero-order chi connectivity index (χ0) is 28.5. The van der Waals surface area contributed by atoms with Crippen LogP contribution in [0.2, 0.25) is 5.02 Å². The number of rotatable bonds is 6. The van der Waals surface area contributed by atoms with E-state index in [1.807, 2.05) is 78.3 Å². The van der Waals surface area contributed by atoms with Crippen molar-refractivity contribution in [1.82, 2.24) is 9.88 Å². The van der Waals surface area contributed by atoms with Crippen molar-refractivity contribution in [3.8, 4) is 23.1 Å². The topological polar surface area (TPSA) is 72.8 Å². The average Bonchev–Trinajstić information content (AvgIpc) is 3.24. The van der Waals surface area contributed by atoms with Gasteiger partial charge < -0.3 is 14.0 Å². The maximum atomic E-state index is 13.8. The van der Waals surface area contributed by atoms with Gasteiger partial charge in [-0.1, -0.05) is 60.1 Å². The normalized spacial score (nSPS) is 14.4. The van der Waals surface area contributed by atoms with E-state index in [1.54, 1.807) is 36.4 Å². The van der Waals surface area contributed by atoms with Crippen molar-refractivity contribution < 1.29 is 19.1 Å². The first-order chi connectivity index (χ1) is 19.9. The van der Waals surface area contributed by atoms with Crippen molar-refractivity contribution in [2.75, 3.05) is 4.90 Å². The molecule has 1 fully saturated rings. The molecular formula is C32H22ClN3O4S. The van der Waals surface area contributed by atoms with Crippen LogP contribution in [0.3, 0.4) is 0 Å². The molecule has 7 nitrogen and oxygen atoms in total. The fourth-order valence-corrected chi connectivity index (χ4v) is 5.07. The van der Waals surface area contributed by atoms with Crippen molar-refractivity contribution in [3.05, 3.63) is 119 Å². The second-order valence-electron chi connectivity index (χ2n) is 9.19. The SMILES string of the molecule is Cn1c(Oc2ccccc2Cl)c(/C=C2\C(=O)NC(=S)N(c3ccc(Oc4ccccc4)cc3)C2=O)c2ccccc21. The average molecular weight is 580 g/mol. The molecule has 1 saturated heterocycles. The molecule has 0 bridgehead atoms. The largest absolute Gasteiger partial charge is 0.457 e. The molecule has 2 amide bonds. The molecule has 0 aliphatic carbocycles. The molecule has 0 radical (unpaired) electrons. The Kier molecular flexibility index (Phi) is 7.01. The molecule has 1 aliphatic rings. The number of benzene rings is 4. The summed E-state index contributed by atoms with van der Waals surface area (Å²) in [5, 5.41) is 3.86. The summed E-state index contributed by atoms with van der Waals surface area (Å²) in [7, 11) is 1.85. The minimum atomic E-state index is -0.600. The van der Waals surface area contributed by atoms with Gasteiger partial charge in [0.25, 0.3) is 11.8 Å². The lowest BCUT2D eigenvalue weighted by Crippen LogP contribution is -2.54. The number of amides is 2. The van der Waals surface area contributed by atoms with Crippen molar-refractivity contribution >= 4 is 63.4 Å². The highest BCUT2D eigenvalue weighted by Gasteiger charge is 2.35. The Morgan fingerprint density at radius 3 is 2.22 bits per heavy atom. The van der Waals surface area contributed by atoms with E-state index in [4.69, 9.17) is 33.3 Å². The van der Waals surface area contributed by atoms with E-state index in [2.05, 4.69) is 5.32 Å². The van der Waals surface area contributed by atoms with Gasteiger partial charge in [-0.25, -0.2) is 0 Å². The van der Waals surface area contributed by atoms with E-state index in [9.17, 15) is 9.59 Å². The third-order valence-corrected chi connectivity index (χ3v) is 7.19. The first-order valence-corrected chi connectivity index (χ1v) is 13.4. The Hall–Kier alpha value is -4.92. The predicted molar refractivity (Wildman–Crippen MR) is 164 cm³/mol. The molecule has 5 aromatic rings. The van der Waals surface area contributed by atoms with Gasteiger partial charge >= 0.3 is 0 Å². The van der Waals surface area contributed by atoms with Crippen LogP contribution in [0.1, 0.15) is 5.56 Å². The number of hydrogen-bond donors (Lipinski definition) is 1. The fraction of sp³-hybridized carbons (Fsp3) is 0.0312. The molecule has 0 spiro atoms. The minimum Gasteiger partial charge on any atom is -0.457 e. The summed E-state index contributed by atoms with van der Waals surface area (Å²) in [6, 6.07) is 31.0. The van der Waals surface area contributed by atoms with Gasteiger partial charge in [-0.3, -0.25) is 19.8 Å². The number of nitrogens with one attached hydrogen (secondary N) is 1. The summed E-state index contributed by atoms with van der Waals surface area (Å²) in [6.07, 6.45) is 1.54. The van der Waals surface area contributed by atoms with Crippen molar-refractivity contribution in [1.29, 1.82) is 0 Å². The molecule has 1 aliphatic heterocycles. The highest BCUT2D eigenvalue weighted by Crippen LogP contribution is 2.38. The van der Waals surface area contributed by atoms with E-state index < -0.39 is 11.8 Å². The fourth-order valence-electron chi connectivity index (χ4n) is 4.62. The number of thiocarbonyl (C=S) groups is 1. The zero-order valence-corrected chi connectivity index (χ0v) is 23.3. The summed E-state index contributed by atoms with van der Waals surface area (Å²) >= 11 is 11.8. The van der Waals surface area contributed by atoms with Gasteiger partial charge in [0.05, 0.1) is 16.2 Å². The van der Waals surface area contributed by atoms with Gasteiger partial charge in [-0.15, -0.1) is 0 Å². The number of carbonyl (C=O) groups is 2. The number of carbonyl (C=O) groups excluding carboxylic acids is 2. The number of ether oxygens (including phenoxy) is 2. The van der Waals surface area contributed by atoms with Crippen molar-refractivity contribution in [2.24, 2.45) is 7.05 Å². The zero-order valence-electron chi connectivity index (χ0n) is 21.7. The smallest absolute Gasteiger partial charge is 0.270 e. The molecule has 41 heavy (non-hydrogen) atoms. The second kappa shape index (κ2) is 10.9. The summed E-state index contributed by atoms with van der Waals surface area (Å²) in [5.41, 5.74) is 1.80. The van der Waals surface area contributed by atoms with Gasteiger partial charge in [-0.2, -0.15) is 0 Å². The van der Waals surface area contributed by atoms with Gasteiger partial charge in [0, 0.05) is 18.0 Å². The molecule has 9 heteroatoms. The third kappa shape index (κ3) is 5.06. The van der Waals surface area contributed by atoms with Crippen LogP contribution in [0.4, 0.5) is 5.69 Å². The molecule has 1 N–H and O–H groups in total. The number of aryl methyl sites for hydroxylation is 1. The van der Waals surface area contributed by atoms with E-state index in [0.29, 0.717) is 39.4 Å². The lowest BCUT2D eigenvalue weighted by atomic mass is 10.1. The maximum absolute atomic E-state index is 13.8. The number of halogens is 1. The second-order valence-corrected chi connectivity index (χ2v) is 9.99. The monoisotopic (exact) mass is 579 g/mol. The lowest BCUT2D eigenvalue weighted by Gasteiger charge is -2.29. The van der Waals surface area contributed by atoms with Crippen molar-refractivity contribution in [2.45, 2.75) is 0 Å². The number of fused-ring (bicyclic) bond motifs is 1. The third-order valence-electron chi connectivity index (χ3n) is 6.60. The Morgan fingerprint density at radius 1 is 0.805 bits per heavy atom. The molecular weight excluding hydrogens is 558 g/mol. The van der Waals surface area contributed by atoms with Crippen LogP contribution in [-0.4, -0.2) is 21.5 Å². The lowest BCUT2D eigenvalue weighted by molar-refractivity contribution is -0.122. The van der Waals surface area contributed by atoms with Gasteiger partial charge in [0.2, 0.25) is 5.88 Å². The van der Waals surface area contributed by atoms with Crippen LogP contribution in [-0.2, 0) is 16.6 Å². The van der Waals surface area contributed by atoms with Gasteiger partial charge in [0.1, 0.15) is 22.8 Å². The minimum absolute atomic E-state index is 0.0145. The molecule has 2 heterocycles. The number of anilines is 1. The maximum Gasteiger partial charge on any atom is 0.270 e. The van der Waals surface area contributed by atoms with Crippen LogP contribution < -0.4 is 19.7 Å². The van der Waals surface area contributed by atoms with Gasteiger partial charge in [-0.05, 0) is 72.9 Å². The van der Waals surface area contributed by atoms with E-state index in [1.165, 1.54) is 11.0 Å². The molecule has 4 aromatic carbocycles. The first-order valence-electron chi connectivity index (χ1n) is 12.6. The number of hydrogen-bond acceptors (Lipinski definition) is 5. The highest BCUT2D eigenvalue weighted by atomic mass is 35.5. The highest BCUT2D eigenvalue weighted by molar-refractivity contribution is 7.80. The predicted octanol–water partition coefficient (Wildman–Crippen LogP) is 7.25. The molecule has 0 atom stereocenters. The van der Waals surface area contributed by atoms with Crippen LogP contribution in [0, 0.1) is 0 Å². The Balaban J connectivity index is 1.38. The quantitative estimate of drug-likeness (QED) is 0.130. The Labute approximate surface area is 246 Å². The molecule has 1 aromatic heterocycles. The molecule has 6 rings (SSSR count). The summed E-state index contributed by atoms with van der Waals surface area (Å²) in [4.78, 5) is 28.2. The number of nitrogens with zero attached hydrogens (tertiary/aromatic N) is 2. The molecule has 0 saturated carbocycles. The van der Waals surface area contributed by atoms with Crippen LogP contribution in [0.15, 0.2) is 109 Å². The van der Waals surface area contributed by atoms with E-state index in [0.717, 1.165) is 10.9 Å². The molecule has 0 unspecified atom stereocenters. The standard InChI is InChI=1S/C32H22ClN3O4S/c1-35-27-13-7-5-11-23(27)24(31(35)40-28-14-8-6-12-26(28)33)19-25-29(37)34-32(41)36(30(25)38)20-15-17-22(18-16-20)39-21-9-3-2-4-10-21/h2-19H,1H3,(H,34,37,41)/b25-19+.